The lowest BCUT2D eigenvalue weighted by atomic mass is 9.92. The summed E-state index contributed by atoms with van der Waals surface area (Å²) in [6.45, 7) is 0. The molecule has 0 unspecified atom stereocenters. The van der Waals surface area contributed by atoms with E-state index in [2.05, 4.69) is 127 Å². The lowest BCUT2D eigenvalue weighted by molar-refractivity contribution is 0.368. The zero-order valence-corrected chi connectivity index (χ0v) is 19.4. The van der Waals surface area contributed by atoms with Crippen molar-refractivity contribution in [3.8, 4) is 43.1 Å². The smallest absolute Gasteiger partial charge is 0.418 e. The third-order valence-corrected chi connectivity index (χ3v) is 6.44. The van der Waals surface area contributed by atoms with Crippen molar-refractivity contribution in [2.24, 2.45) is 0 Å². The molecule has 0 aliphatic heterocycles. The van der Waals surface area contributed by atoms with Crippen molar-refractivity contribution in [2.75, 3.05) is 0 Å². The van der Waals surface area contributed by atoms with Crippen LogP contribution in [0.1, 0.15) is 0 Å². The van der Waals surface area contributed by atoms with Gasteiger partial charge in [0, 0.05) is 22.8 Å². The molecule has 1 aromatic heterocycles. The van der Waals surface area contributed by atoms with E-state index >= 15 is 0 Å². The second-order valence-corrected chi connectivity index (χ2v) is 8.74. The summed E-state index contributed by atoms with van der Waals surface area (Å²) in [4.78, 5) is 2.56. The van der Waals surface area contributed by atoms with Gasteiger partial charge in [0.05, 0.1) is 5.56 Å². The summed E-state index contributed by atoms with van der Waals surface area (Å²) in [5.74, 6) is 0. The van der Waals surface area contributed by atoms with E-state index in [1.54, 1.807) is 0 Å². The fourth-order valence-electron chi connectivity index (χ4n) is 3.79. The normalized spacial score (nSPS) is 10.9. The van der Waals surface area contributed by atoms with Crippen LogP contribution in [0.4, 0.5) is 17.3 Å². The first-order valence-corrected chi connectivity index (χ1v) is 11.8. The summed E-state index contributed by atoms with van der Waals surface area (Å²) in [5, 5.41) is 0. The molecule has 6 heteroatoms. The van der Waals surface area contributed by atoms with Gasteiger partial charge in [-0.05, 0) is 35.4 Å². The summed E-state index contributed by atoms with van der Waals surface area (Å²) in [5.41, 5.74) is 7.52. The molecule has 0 atom stereocenters. The van der Waals surface area contributed by atoms with Gasteiger partial charge in [0.25, 0.3) is 0 Å². The number of hydrogen-bond acceptors (Lipinski definition) is 0. The Morgan fingerprint density at radius 3 is 1.29 bits per heavy atom. The Kier molecular flexibility index (Phi) is 7.73. The Hall–Kier alpha value is -3.77. The molecule has 0 nitrogen and oxygen atoms in total. The van der Waals surface area contributed by atoms with E-state index in [1.807, 2.05) is 11.3 Å². The molecule has 4 aromatic carbocycles. The highest BCUT2D eigenvalue weighted by molar-refractivity contribution is 7.19. The summed E-state index contributed by atoms with van der Waals surface area (Å²) < 4.78 is 39.0. The van der Waals surface area contributed by atoms with Crippen molar-refractivity contribution in [3.63, 3.8) is 0 Å². The fourth-order valence-corrected chi connectivity index (χ4v) is 5.02. The molecule has 0 radical (unpaired) electrons. The number of hydrogen-bond donors (Lipinski definition) is 0. The lowest BCUT2D eigenvalue weighted by Crippen LogP contribution is -2.02. The molecule has 0 aliphatic carbocycles. The average molecular weight is 488 g/mol. The molecule has 35 heavy (non-hydrogen) atoms. The molecule has 0 saturated heterocycles. The minimum absolute atomic E-state index is 1.23. The van der Waals surface area contributed by atoms with Gasteiger partial charge in [-0.2, -0.15) is 0 Å². The first-order valence-electron chi connectivity index (χ1n) is 11.0. The monoisotopic (exact) mass is 488 g/mol. The minimum Gasteiger partial charge on any atom is -0.418 e. The van der Waals surface area contributed by atoms with E-state index < -0.39 is 7.25 Å². The second-order valence-electron chi connectivity index (χ2n) is 7.69. The molecule has 0 spiro atoms. The zero-order valence-electron chi connectivity index (χ0n) is 18.6. The SMILES string of the molecule is F[B-](F)(F)F.c1ccc(-c2cc(-c3ccccc3)c(-c3ccccc3)c(-c3ccccc3)[s+]2)cc1. The molecule has 0 N–H and O–H groups in total. The van der Waals surface area contributed by atoms with Gasteiger partial charge in [-0.15, -0.1) is 0 Å². The molecular weight excluding hydrogens is 467 g/mol. The quantitative estimate of drug-likeness (QED) is 0.134. The summed E-state index contributed by atoms with van der Waals surface area (Å²) in [6, 6.07) is 45.2. The standard InChI is InChI=1S/C29H21S.BF4/c1-5-13-22(14-6-1)26-21-27(23-15-7-2-8-16-23)30-29(25-19-11-4-12-20-25)28(26)24-17-9-3-10-18-24;2-1(3,4)5/h1-21H;/q+1;-1. The first-order chi connectivity index (χ1) is 16.9. The molecular formula is C29H21BF4S. The topological polar surface area (TPSA) is 0 Å². The molecule has 0 aliphatic rings. The van der Waals surface area contributed by atoms with Gasteiger partial charge in [0.15, 0.2) is 0 Å². The van der Waals surface area contributed by atoms with Crippen LogP contribution in [0.3, 0.4) is 0 Å². The Balaban J connectivity index is 0.000000527. The molecule has 0 amide bonds. The van der Waals surface area contributed by atoms with Crippen LogP contribution in [0.5, 0.6) is 0 Å². The highest BCUT2D eigenvalue weighted by Gasteiger charge is 2.26. The molecule has 0 bridgehead atoms. The third-order valence-electron chi connectivity index (χ3n) is 5.23. The van der Waals surface area contributed by atoms with Crippen molar-refractivity contribution < 1.29 is 17.3 Å². The molecule has 1 heterocycles. The Morgan fingerprint density at radius 1 is 0.457 bits per heavy atom. The van der Waals surface area contributed by atoms with Crippen LogP contribution in [0.15, 0.2) is 127 Å². The maximum Gasteiger partial charge on any atom is 0.673 e. The lowest BCUT2D eigenvalue weighted by Gasteiger charge is -2.12. The van der Waals surface area contributed by atoms with Crippen molar-refractivity contribution in [3.05, 3.63) is 127 Å². The van der Waals surface area contributed by atoms with Gasteiger partial charge in [0.2, 0.25) is 21.1 Å². The van der Waals surface area contributed by atoms with Crippen LogP contribution in [0, 0.1) is 0 Å². The van der Waals surface area contributed by atoms with Gasteiger partial charge in [-0.3, -0.25) is 0 Å². The molecule has 0 fully saturated rings. The zero-order chi connectivity index (χ0) is 24.7. The summed E-state index contributed by atoms with van der Waals surface area (Å²) in [6.07, 6.45) is 0. The summed E-state index contributed by atoms with van der Waals surface area (Å²) >= 11 is 1.86. The molecule has 174 valence electrons. The Labute approximate surface area is 206 Å². The highest BCUT2D eigenvalue weighted by Crippen LogP contribution is 2.46. The van der Waals surface area contributed by atoms with Crippen molar-refractivity contribution in [1.82, 2.24) is 0 Å². The minimum atomic E-state index is -6.00. The van der Waals surface area contributed by atoms with Crippen molar-refractivity contribution in [1.29, 1.82) is 0 Å². The van der Waals surface area contributed by atoms with Crippen LogP contribution in [-0.4, -0.2) is 7.25 Å². The molecule has 0 saturated carbocycles. The van der Waals surface area contributed by atoms with Crippen molar-refractivity contribution in [2.45, 2.75) is 0 Å². The fraction of sp³-hybridized carbons (Fsp3) is 0. The third kappa shape index (κ3) is 6.64. The van der Waals surface area contributed by atoms with Crippen LogP contribution in [0.2, 0.25) is 0 Å². The van der Waals surface area contributed by atoms with E-state index in [-0.39, 0.29) is 0 Å². The van der Waals surface area contributed by atoms with E-state index in [0.717, 1.165) is 0 Å². The predicted molar refractivity (Wildman–Crippen MR) is 141 cm³/mol. The summed E-state index contributed by atoms with van der Waals surface area (Å²) in [7, 11) is -6.00. The van der Waals surface area contributed by atoms with E-state index in [0.29, 0.717) is 0 Å². The molecule has 5 aromatic rings. The van der Waals surface area contributed by atoms with E-state index in [4.69, 9.17) is 0 Å². The molecule has 5 rings (SSSR count). The van der Waals surface area contributed by atoms with E-state index in [9.17, 15) is 17.3 Å². The maximum absolute atomic E-state index is 9.75. The van der Waals surface area contributed by atoms with Gasteiger partial charge in [-0.25, -0.2) is 0 Å². The van der Waals surface area contributed by atoms with Gasteiger partial charge in [0.1, 0.15) is 0 Å². The van der Waals surface area contributed by atoms with Crippen LogP contribution in [0.25, 0.3) is 43.1 Å². The first kappa shape index (κ1) is 24.4. The number of halogens is 4. The Bertz CT molecular complexity index is 1290. The van der Waals surface area contributed by atoms with E-state index in [1.165, 1.54) is 43.1 Å². The van der Waals surface area contributed by atoms with Gasteiger partial charge >= 0.3 is 7.25 Å². The second kappa shape index (κ2) is 11.1. The van der Waals surface area contributed by atoms with Crippen LogP contribution >= 0.6 is 11.3 Å². The highest BCUT2D eigenvalue weighted by atomic mass is 32.1. The predicted octanol–water partition coefficient (Wildman–Crippen LogP) is 10.00. The number of benzene rings is 4. The largest absolute Gasteiger partial charge is 0.673 e. The Morgan fingerprint density at radius 2 is 0.829 bits per heavy atom. The van der Waals surface area contributed by atoms with Crippen LogP contribution < -0.4 is 0 Å². The van der Waals surface area contributed by atoms with Crippen LogP contribution in [-0.2, 0) is 0 Å². The maximum atomic E-state index is 9.75. The average Bonchev–Trinajstić information content (AvgIpc) is 2.89. The van der Waals surface area contributed by atoms with Gasteiger partial charge in [-0.1, -0.05) is 97.1 Å². The number of rotatable bonds is 4. The van der Waals surface area contributed by atoms with Crippen molar-refractivity contribution >= 4 is 18.6 Å². The van der Waals surface area contributed by atoms with Gasteiger partial charge < -0.3 is 17.3 Å².